The molecule has 19 heavy (non-hydrogen) atoms. The van der Waals surface area contributed by atoms with Crippen molar-refractivity contribution in [3.05, 3.63) is 36.5 Å². The monoisotopic (exact) mass is 262 g/mol. The first-order chi connectivity index (χ1) is 8.98. The minimum absolute atomic E-state index is 0.340. The number of urea groups is 1. The molecule has 0 fully saturated rings. The van der Waals surface area contributed by atoms with Crippen molar-refractivity contribution in [2.75, 3.05) is 0 Å². The first-order valence-corrected chi connectivity index (χ1v) is 6.57. The van der Waals surface area contributed by atoms with Crippen LogP contribution in [-0.2, 0) is 4.79 Å². The van der Waals surface area contributed by atoms with Gasteiger partial charge in [-0.1, -0.05) is 29.9 Å². The number of allylic oxidation sites excluding steroid dienone is 4. The Morgan fingerprint density at radius 3 is 2.89 bits per heavy atom. The number of carbonyl (C=O) groups is 2. The van der Waals surface area contributed by atoms with Crippen LogP contribution in [0.5, 0.6) is 0 Å². The fourth-order valence-electron chi connectivity index (χ4n) is 2.21. The molecule has 1 unspecified atom stereocenters. The number of hydrogen-bond donors (Lipinski definition) is 2. The van der Waals surface area contributed by atoms with Crippen LogP contribution in [0.15, 0.2) is 36.5 Å². The molecule has 0 aromatic heterocycles. The first kappa shape index (κ1) is 15.2. The molecule has 1 rings (SSSR count). The second-order valence-electron chi connectivity index (χ2n) is 5.13. The van der Waals surface area contributed by atoms with Gasteiger partial charge in [-0.2, -0.15) is 0 Å². The summed E-state index contributed by atoms with van der Waals surface area (Å²) in [6.07, 6.45) is 12.5. The number of carbonyl (C=O) groups excluding carboxylic acids is 2. The number of primary amides is 1. The van der Waals surface area contributed by atoms with Crippen LogP contribution < -0.4 is 11.1 Å². The Kier molecular flexibility index (Phi) is 5.55. The van der Waals surface area contributed by atoms with Crippen molar-refractivity contribution < 1.29 is 9.59 Å². The summed E-state index contributed by atoms with van der Waals surface area (Å²) in [5, 5.41) is 2.16. The lowest BCUT2D eigenvalue weighted by molar-refractivity contribution is -0.126. The van der Waals surface area contributed by atoms with Gasteiger partial charge in [-0.15, -0.1) is 6.58 Å². The average molecular weight is 262 g/mol. The highest BCUT2D eigenvalue weighted by molar-refractivity contribution is 5.97. The lowest BCUT2D eigenvalue weighted by Crippen LogP contribution is -2.44. The predicted molar refractivity (Wildman–Crippen MR) is 76.3 cm³/mol. The Labute approximate surface area is 114 Å². The lowest BCUT2D eigenvalue weighted by atomic mass is 9.78. The maximum absolute atomic E-state index is 11.9. The standard InChI is InChI=1S/C15H22N2O2/c1-3-4-5-6-8-12-9-7-10-15(2,11-12)13(18)17-14(16)19/h3,7,9-10H,1,4-6,8,11H2,2H3,(H3,16,17,18,19). The fraction of sp³-hybridized carbons (Fsp3) is 0.467. The summed E-state index contributed by atoms with van der Waals surface area (Å²) < 4.78 is 0. The van der Waals surface area contributed by atoms with Crippen molar-refractivity contribution in [3.63, 3.8) is 0 Å². The number of rotatable bonds is 6. The minimum atomic E-state index is -0.804. The molecule has 1 aliphatic carbocycles. The Bertz CT molecular complexity index is 424. The molecule has 1 aliphatic rings. The number of unbranched alkanes of at least 4 members (excludes halogenated alkanes) is 2. The molecule has 0 saturated carbocycles. The fourth-order valence-corrected chi connectivity index (χ4v) is 2.21. The summed E-state index contributed by atoms with van der Waals surface area (Å²) in [5.74, 6) is -0.340. The predicted octanol–water partition coefficient (Wildman–Crippen LogP) is 2.82. The van der Waals surface area contributed by atoms with Crippen LogP contribution in [0.25, 0.3) is 0 Å². The van der Waals surface area contributed by atoms with Crippen LogP contribution in [0.3, 0.4) is 0 Å². The second kappa shape index (κ2) is 6.92. The van der Waals surface area contributed by atoms with Crippen LogP contribution in [0.1, 0.15) is 39.0 Å². The molecule has 4 heteroatoms. The maximum Gasteiger partial charge on any atom is 0.318 e. The number of nitrogens with two attached hydrogens (primary N) is 1. The van der Waals surface area contributed by atoms with Crippen molar-refractivity contribution in [2.45, 2.75) is 39.0 Å². The van der Waals surface area contributed by atoms with Crippen molar-refractivity contribution in [1.29, 1.82) is 0 Å². The molecular formula is C15H22N2O2. The van der Waals surface area contributed by atoms with E-state index in [2.05, 4.69) is 11.9 Å². The van der Waals surface area contributed by atoms with E-state index in [0.717, 1.165) is 25.7 Å². The van der Waals surface area contributed by atoms with Gasteiger partial charge in [-0.3, -0.25) is 10.1 Å². The highest BCUT2D eigenvalue weighted by Crippen LogP contribution is 2.33. The first-order valence-electron chi connectivity index (χ1n) is 6.57. The van der Waals surface area contributed by atoms with Crippen LogP contribution in [0.2, 0.25) is 0 Å². The van der Waals surface area contributed by atoms with Gasteiger partial charge in [0.2, 0.25) is 5.91 Å². The van der Waals surface area contributed by atoms with Gasteiger partial charge in [0.1, 0.15) is 0 Å². The van der Waals surface area contributed by atoms with E-state index in [1.165, 1.54) is 5.57 Å². The SMILES string of the molecule is C=CCCCCC1=CC=CC(C)(C(=O)NC(N)=O)C1. The number of amides is 3. The van der Waals surface area contributed by atoms with Gasteiger partial charge < -0.3 is 5.73 Å². The summed E-state index contributed by atoms with van der Waals surface area (Å²) >= 11 is 0. The Hall–Kier alpha value is -1.84. The van der Waals surface area contributed by atoms with Gasteiger partial charge in [0.05, 0.1) is 5.41 Å². The van der Waals surface area contributed by atoms with E-state index in [0.29, 0.717) is 6.42 Å². The number of nitrogens with one attached hydrogen (secondary N) is 1. The molecule has 4 nitrogen and oxygen atoms in total. The van der Waals surface area contributed by atoms with Gasteiger partial charge in [-0.05, 0) is 39.0 Å². The van der Waals surface area contributed by atoms with Crippen LogP contribution in [0.4, 0.5) is 4.79 Å². The Morgan fingerprint density at radius 2 is 2.26 bits per heavy atom. The molecule has 0 saturated heterocycles. The highest BCUT2D eigenvalue weighted by atomic mass is 16.2. The van der Waals surface area contributed by atoms with Gasteiger partial charge in [-0.25, -0.2) is 4.79 Å². The third-order valence-corrected chi connectivity index (χ3v) is 3.30. The van der Waals surface area contributed by atoms with Crippen LogP contribution in [0, 0.1) is 5.41 Å². The number of hydrogen-bond acceptors (Lipinski definition) is 2. The van der Waals surface area contributed by atoms with E-state index in [-0.39, 0.29) is 5.91 Å². The summed E-state index contributed by atoms with van der Waals surface area (Å²) in [5.41, 5.74) is 5.54. The molecule has 0 aromatic carbocycles. The van der Waals surface area contributed by atoms with Gasteiger partial charge in [0, 0.05) is 0 Å². The third kappa shape index (κ3) is 4.73. The summed E-state index contributed by atoms with van der Waals surface area (Å²) in [6.45, 7) is 5.51. The summed E-state index contributed by atoms with van der Waals surface area (Å²) in [7, 11) is 0. The Balaban J connectivity index is 2.55. The topological polar surface area (TPSA) is 72.2 Å². The van der Waals surface area contributed by atoms with E-state index in [9.17, 15) is 9.59 Å². The summed E-state index contributed by atoms with van der Waals surface area (Å²) in [4.78, 5) is 22.7. The highest BCUT2D eigenvalue weighted by Gasteiger charge is 2.33. The van der Waals surface area contributed by atoms with Crippen LogP contribution >= 0.6 is 0 Å². The molecule has 104 valence electrons. The van der Waals surface area contributed by atoms with Crippen molar-refractivity contribution in [3.8, 4) is 0 Å². The third-order valence-electron chi connectivity index (χ3n) is 3.30. The zero-order valence-corrected chi connectivity index (χ0v) is 11.4. The normalized spacial score (nSPS) is 21.6. The number of imide groups is 1. The molecule has 1 atom stereocenters. The van der Waals surface area contributed by atoms with E-state index < -0.39 is 11.4 Å². The molecule has 3 N–H and O–H groups in total. The molecular weight excluding hydrogens is 240 g/mol. The zero-order chi connectivity index (χ0) is 14.3. The largest absolute Gasteiger partial charge is 0.351 e. The molecule has 0 spiro atoms. The average Bonchev–Trinajstić information content (AvgIpc) is 2.34. The van der Waals surface area contributed by atoms with E-state index in [4.69, 9.17) is 5.73 Å². The van der Waals surface area contributed by atoms with Gasteiger partial charge in [0.15, 0.2) is 0 Å². The van der Waals surface area contributed by atoms with E-state index in [1.807, 2.05) is 31.2 Å². The van der Waals surface area contributed by atoms with Gasteiger partial charge in [0.25, 0.3) is 0 Å². The lowest BCUT2D eigenvalue weighted by Gasteiger charge is -2.28. The van der Waals surface area contributed by atoms with Gasteiger partial charge >= 0.3 is 6.03 Å². The molecule has 0 aromatic rings. The van der Waals surface area contributed by atoms with Crippen molar-refractivity contribution in [2.24, 2.45) is 11.1 Å². The molecule has 0 radical (unpaired) electrons. The van der Waals surface area contributed by atoms with E-state index in [1.54, 1.807) is 0 Å². The van der Waals surface area contributed by atoms with E-state index >= 15 is 0 Å². The van der Waals surface area contributed by atoms with Crippen molar-refractivity contribution >= 4 is 11.9 Å². The molecule has 0 heterocycles. The molecule has 3 amide bonds. The second-order valence-corrected chi connectivity index (χ2v) is 5.13. The smallest absolute Gasteiger partial charge is 0.318 e. The zero-order valence-electron chi connectivity index (χ0n) is 11.4. The molecule has 0 aliphatic heterocycles. The summed E-state index contributed by atoms with van der Waals surface area (Å²) in [6, 6.07) is -0.804. The van der Waals surface area contributed by atoms with Crippen LogP contribution in [-0.4, -0.2) is 11.9 Å². The minimum Gasteiger partial charge on any atom is -0.351 e. The molecule has 0 bridgehead atoms. The van der Waals surface area contributed by atoms with Crippen molar-refractivity contribution in [1.82, 2.24) is 5.32 Å². The maximum atomic E-state index is 11.9. The Morgan fingerprint density at radius 1 is 1.53 bits per heavy atom. The quantitative estimate of drug-likeness (QED) is 0.570.